The van der Waals surface area contributed by atoms with Gasteiger partial charge < -0.3 is 14.6 Å². The van der Waals surface area contributed by atoms with E-state index < -0.39 is 0 Å². The molecule has 3 rings (SSSR count). The Morgan fingerprint density at radius 1 is 1.09 bits per heavy atom. The van der Waals surface area contributed by atoms with Gasteiger partial charge in [0.15, 0.2) is 11.5 Å². The molecule has 1 aliphatic rings. The highest BCUT2D eigenvalue weighted by atomic mass is 16.6. The van der Waals surface area contributed by atoms with Gasteiger partial charge in [0.25, 0.3) is 0 Å². The standard InChI is InChI=1S/C17H20N2O3/c20-8-7-19(12-14-3-2-6-18-11-14)13-15-4-1-5-16-17(15)22-10-9-21-16/h1-6,11,20H,7-10,12-13H2. The minimum Gasteiger partial charge on any atom is -0.486 e. The van der Waals surface area contributed by atoms with Gasteiger partial charge in [-0.05, 0) is 17.7 Å². The zero-order chi connectivity index (χ0) is 15.2. The summed E-state index contributed by atoms with van der Waals surface area (Å²) in [5.74, 6) is 1.62. The van der Waals surface area contributed by atoms with Gasteiger partial charge in [0.1, 0.15) is 13.2 Å². The van der Waals surface area contributed by atoms with E-state index in [1.807, 2.05) is 36.5 Å². The van der Waals surface area contributed by atoms with Gasteiger partial charge in [-0.25, -0.2) is 0 Å². The van der Waals surface area contributed by atoms with Crippen LogP contribution in [-0.4, -0.2) is 41.4 Å². The number of aromatic nitrogens is 1. The number of benzene rings is 1. The second-order valence-corrected chi connectivity index (χ2v) is 5.24. The van der Waals surface area contributed by atoms with Crippen LogP contribution in [0, 0.1) is 0 Å². The highest BCUT2D eigenvalue weighted by Crippen LogP contribution is 2.34. The maximum atomic E-state index is 9.32. The van der Waals surface area contributed by atoms with Gasteiger partial charge in [-0.2, -0.15) is 0 Å². The number of hydrogen-bond donors (Lipinski definition) is 1. The first kappa shape index (κ1) is 14.8. The fourth-order valence-corrected chi connectivity index (χ4v) is 2.60. The van der Waals surface area contributed by atoms with Crippen LogP contribution in [0.1, 0.15) is 11.1 Å². The fraction of sp³-hybridized carbons (Fsp3) is 0.353. The largest absolute Gasteiger partial charge is 0.486 e. The molecule has 2 aromatic rings. The lowest BCUT2D eigenvalue weighted by atomic mass is 10.1. The van der Waals surface area contributed by atoms with E-state index in [-0.39, 0.29) is 6.61 Å². The highest BCUT2D eigenvalue weighted by molar-refractivity contribution is 5.47. The second kappa shape index (κ2) is 7.24. The van der Waals surface area contributed by atoms with Gasteiger partial charge in [-0.1, -0.05) is 18.2 Å². The van der Waals surface area contributed by atoms with E-state index in [1.165, 1.54) is 0 Å². The van der Waals surface area contributed by atoms with E-state index in [2.05, 4.69) is 9.88 Å². The smallest absolute Gasteiger partial charge is 0.165 e. The van der Waals surface area contributed by atoms with Crippen molar-refractivity contribution in [1.29, 1.82) is 0 Å². The van der Waals surface area contributed by atoms with Crippen LogP contribution >= 0.6 is 0 Å². The van der Waals surface area contributed by atoms with Crippen molar-refractivity contribution in [2.24, 2.45) is 0 Å². The van der Waals surface area contributed by atoms with Gasteiger partial charge in [0.05, 0.1) is 6.61 Å². The van der Waals surface area contributed by atoms with Crippen molar-refractivity contribution < 1.29 is 14.6 Å². The number of nitrogens with zero attached hydrogens (tertiary/aromatic N) is 2. The van der Waals surface area contributed by atoms with Crippen LogP contribution in [0.2, 0.25) is 0 Å². The van der Waals surface area contributed by atoms with E-state index in [0.29, 0.717) is 26.3 Å². The normalized spacial score (nSPS) is 13.4. The Hall–Kier alpha value is -2.11. The van der Waals surface area contributed by atoms with Crippen molar-refractivity contribution in [2.45, 2.75) is 13.1 Å². The van der Waals surface area contributed by atoms with Crippen LogP contribution in [0.4, 0.5) is 0 Å². The average Bonchev–Trinajstić information content (AvgIpc) is 2.56. The van der Waals surface area contributed by atoms with Crippen LogP contribution in [0.25, 0.3) is 0 Å². The Bertz CT molecular complexity index is 604. The van der Waals surface area contributed by atoms with Crippen molar-refractivity contribution in [3.8, 4) is 11.5 Å². The van der Waals surface area contributed by atoms with E-state index in [4.69, 9.17) is 9.47 Å². The highest BCUT2D eigenvalue weighted by Gasteiger charge is 2.17. The first-order valence-electron chi connectivity index (χ1n) is 7.46. The molecule has 1 N–H and O–H groups in total. The van der Waals surface area contributed by atoms with E-state index >= 15 is 0 Å². The fourth-order valence-electron chi connectivity index (χ4n) is 2.60. The van der Waals surface area contributed by atoms with Gasteiger partial charge in [0, 0.05) is 37.6 Å². The topological polar surface area (TPSA) is 54.8 Å². The number of hydrogen-bond acceptors (Lipinski definition) is 5. The Balaban J connectivity index is 1.76. The summed E-state index contributed by atoms with van der Waals surface area (Å²) in [5.41, 5.74) is 2.20. The molecule has 0 unspecified atom stereocenters. The summed E-state index contributed by atoms with van der Waals surface area (Å²) in [4.78, 5) is 6.31. The lowest BCUT2D eigenvalue weighted by Crippen LogP contribution is -2.27. The van der Waals surface area contributed by atoms with Crippen molar-refractivity contribution in [3.63, 3.8) is 0 Å². The Morgan fingerprint density at radius 3 is 2.82 bits per heavy atom. The van der Waals surface area contributed by atoms with Gasteiger partial charge in [0.2, 0.25) is 0 Å². The maximum Gasteiger partial charge on any atom is 0.165 e. The summed E-state index contributed by atoms with van der Waals surface area (Å²) < 4.78 is 11.4. The number of para-hydroxylation sites is 1. The predicted molar refractivity (Wildman–Crippen MR) is 82.9 cm³/mol. The van der Waals surface area contributed by atoms with Crippen molar-refractivity contribution in [2.75, 3.05) is 26.4 Å². The maximum absolute atomic E-state index is 9.32. The molecule has 0 aliphatic carbocycles. The number of pyridine rings is 1. The molecule has 0 spiro atoms. The van der Waals surface area contributed by atoms with Crippen molar-refractivity contribution in [1.82, 2.24) is 9.88 Å². The minimum absolute atomic E-state index is 0.118. The molecule has 1 aliphatic heterocycles. The second-order valence-electron chi connectivity index (χ2n) is 5.24. The third-order valence-electron chi connectivity index (χ3n) is 3.59. The molecule has 2 heterocycles. The third kappa shape index (κ3) is 3.55. The van der Waals surface area contributed by atoms with Crippen LogP contribution in [-0.2, 0) is 13.1 Å². The molecule has 0 bridgehead atoms. The molecule has 22 heavy (non-hydrogen) atoms. The quantitative estimate of drug-likeness (QED) is 0.882. The molecule has 0 radical (unpaired) electrons. The molecule has 5 nitrogen and oxygen atoms in total. The number of ether oxygens (including phenoxy) is 2. The Morgan fingerprint density at radius 2 is 2.00 bits per heavy atom. The zero-order valence-corrected chi connectivity index (χ0v) is 12.4. The van der Waals surface area contributed by atoms with Crippen LogP contribution in [0.5, 0.6) is 11.5 Å². The summed E-state index contributed by atoms with van der Waals surface area (Å²) in [6, 6.07) is 9.91. The Kier molecular flexibility index (Phi) is 4.88. The molecule has 1 aromatic carbocycles. The molecule has 0 atom stereocenters. The van der Waals surface area contributed by atoms with Crippen molar-refractivity contribution in [3.05, 3.63) is 53.9 Å². The molecule has 0 saturated heterocycles. The zero-order valence-electron chi connectivity index (χ0n) is 12.4. The van der Waals surface area contributed by atoms with E-state index in [0.717, 1.165) is 29.2 Å². The number of aliphatic hydroxyl groups is 1. The van der Waals surface area contributed by atoms with E-state index in [1.54, 1.807) is 6.20 Å². The molecule has 0 amide bonds. The molecule has 5 heteroatoms. The van der Waals surface area contributed by atoms with Gasteiger partial charge >= 0.3 is 0 Å². The summed E-state index contributed by atoms with van der Waals surface area (Å²) in [7, 11) is 0. The molecular weight excluding hydrogens is 280 g/mol. The van der Waals surface area contributed by atoms with Crippen molar-refractivity contribution >= 4 is 0 Å². The molecule has 116 valence electrons. The van der Waals surface area contributed by atoms with E-state index in [9.17, 15) is 5.11 Å². The predicted octanol–water partition coefficient (Wildman–Crippen LogP) is 1.85. The Labute approximate surface area is 130 Å². The van der Waals surface area contributed by atoms with Crippen LogP contribution in [0.15, 0.2) is 42.7 Å². The SMILES string of the molecule is OCCN(Cc1cccnc1)Cc1cccc2c1OCCO2. The van der Waals surface area contributed by atoms with Crippen LogP contribution < -0.4 is 9.47 Å². The number of aliphatic hydroxyl groups excluding tert-OH is 1. The lowest BCUT2D eigenvalue weighted by molar-refractivity contribution is 0.160. The number of fused-ring (bicyclic) bond motifs is 1. The summed E-state index contributed by atoms with van der Waals surface area (Å²) in [6.45, 7) is 3.31. The molecule has 1 aromatic heterocycles. The average molecular weight is 300 g/mol. The monoisotopic (exact) mass is 300 g/mol. The van der Waals surface area contributed by atoms with Gasteiger partial charge in [-0.3, -0.25) is 9.88 Å². The van der Waals surface area contributed by atoms with Gasteiger partial charge in [-0.15, -0.1) is 0 Å². The summed E-state index contributed by atoms with van der Waals surface area (Å²) >= 11 is 0. The lowest BCUT2D eigenvalue weighted by Gasteiger charge is -2.25. The first-order chi connectivity index (χ1) is 10.9. The minimum atomic E-state index is 0.118. The summed E-state index contributed by atoms with van der Waals surface area (Å²) in [5, 5.41) is 9.32. The molecule has 0 fully saturated rings. The first-order valence-corrected chi connectivity index (χ1v) is 7.46. The van der Waals surface area contributed by atoms with Crippen LogP contribution in [0.3, 0.4) is 0 Å². The summed E-state index contributed by atoms with van der Waals surface area (Å²) in [6.07, 6.45) is 3.61. The molecular formula is C17H20N2O3. The number of rotatable bonds is 6. The molecule has 0 saturated carbocycles. The third-order valence-corrected chi connectivity index (χ3v) is 3.59.